The minimum atomic E-state index is -0.829. The van der Waals surface area contributed by atoms with Gasteiger partial charge in [0.05, 0.1) is 12.7 Å². The molecule has 0 fully saturated rings. The highest BCUT2D eigenvalue weighted by Gasteiger charge is 2.15. The molecule has 0 amide bonds. The first kappa shape index (κ1) is 31.8. The van der Waals surface area contributed by atoms with Crippen molar-refractivity contribution in [3.05, 3.63) is 88.5 Å². The summed E-state index contributed by atoms with van der Waals surface area (Å²) in [6.45, 7) is 7.86. The molecule has 0 unspecified atom stereocenters. The Labute approximate surface area is 260 Å². The van der Waals surface area contributed by atoms with Crippen LogP contribution < -0.4 is 11.1 Å². The van der Waals surface area contributed by atoms with Gasteiger partial charge in [0, 0.05) is 33.5 Å². The molecule has 15 heteroatoms. The summed E-state index contributed by atoms with van der Waals surface area (Å²) in [6.07, 6.45) is 1.58. The maximum Gasteiger partial charge on any atom is 0.312 e. The van der Waals surface area contributed by atoms with E-state index in [0.717, 1.165) is 0 Å². The van der Waals surface area contributed by atoms with Crippen molar-refractivity contribution in [2.45, 2.75) is 39.8 Å². The van der Waals surface area contributed by atoms with E-state index in [-0.39, 0.29) is 17.2 Å². The number of fused-ring (bicyclic) bond motifs is 2. The molecule has 0 bridgehead atoms. The molecule has 0 saturated heterocycles. The fourth-order valence-electron chi connectivity index (χ4n) is 3.80. The average molecular weight is 648 g/mol. The highest BCUT2D eigenvalue weighted by atomic mass is 35.5. The zero-order valence-corrected chi connectivity index (χ0v) is 25.7. The summed E-state index contributed by atoms with van der Waals surface area (Å²) < 4.78 is 30.1. The Balaban J connectivity index is 0.000000165. The average Bonchev–Trinajstić information content (AvgIpc) is 3.54. The van der Waals surface area contributed by atoms with Crippen LogP contribution in [0.2, 0.25) is 15.2 Å². The second kappa shape index (κ2) is 13.9. The van der Waals surface area contributed by atoms with E-state index in [1.807, 2.05) is 39.8 Å². The highest BCUT2D eigenvalue weighted by molar-refractivity contribution is 6.33. The number of benzene rings is 2. The predicted octanol–water partition coefficient (Wildman–Crippen LogP) is 8.07. The molecule has 0 atom stereocenters. The van der Waals surface area contributed by atoms with E-state index in [0.29, 0.717) is 49.6 Å². The van der Waals surface area contributed by atoms with E-state index in [9.17, 15) is 8.78 Å². The van der Waals surface area contributed by atoms with Gasteiger partial charge in [-0.3, -0.25) is 0 Å². The van der Waals surface area contributed by atoms with Crippen LogP contribution in [0.25, 0.3) is 22.3 Å². The first-order valence-corrected chi connectivity index (χ1v) is 14.1. The van der Waals surface area contributed by atoms with Crippen LogP contribution in [0, 0.1) is 12.2 Å². The van der Waals surface area contributed by atoms with E-state index < -0.39 is 12.2 Å². The number of imidazole rings is 2. The Hall–Kier alpha value is -4.13. The van der Waals surface area contributed by atoms with Gasteiger partial charge in [-0.05, 0) is 64.1 Å². The van der Waals surface area contributed by atoms with Crippen molar-refractivity contribution in [2.24, 2.45) is 0 Å². The van der Waals surface area contributed by atoms with Crippen LogP contribution in [0.4, 0.5) is 26.0 Å². The smallest absolute Gasteiger partial charge is 0.312 e. The molecule has 0 aliphatic rings. The maximum absolute atomic E-state index is 13.7. The van der Waals surface area contributed by atoms with Gasteiger partial charge in [-0.15, -0.1) is 0 Å². The molecule has 6 rings (SSSR count). The lowest BCUT2D eigenvalue weighted by Crippen LogP contribution is -2.04. The summed E-state index contributed by atoms with van der Waals surface area (Å²) in [5.41, 5.74) is 8.63. The fraction of sp³-hybridized carbons (Fsp3) is 0.214. The van der Waals surface area contributed by atoms with Crippen LogP contribution in [0.5, 0.6) is 0 Å². The lowest BCUT2D eigenvalue weighted by Gasteiger charge is -2.09. The van der Waals surface area contributed by atoms with E-state index in [4.69, 9.17) is 40.5 Å². The molecule has 0 radical (unpaired) electrons. The van der Waals surface area contributed by atoms with Crippen molar-refractivity contribution >= 4 is 74.3 Å². The molecule has 0 spiro atoms. The fourth-order valence-corrected chi connectivity index (χ4v) is 4.39. The monoisotopic (exact) mass is 646 g/mol. The number of hydrogen-bond acceptors (Lipinski definition) is 8. The SMILES string of the molecule is CC(C)n1cnc2c(Cl)nc(F)nc21.CC(C)n1cnc2c(Nc3cccc(Cl)c3)nc(F)nc21.Nc1cccc(Cl)c1. The predicted molar refractivity (Wildman–Crippen MR) is 167 cm³/mol. The molecule has 0 saturated carbocycles. The standard InChI is InChI=1S/C14H13ClFN5.C8H8ClFN4.C6H6ClN/c1-8(2)21-7-17-11-12(19-14(16)20-13(11)21)18-10-5-3-4-9(15)6-10;1-4(2)14-3-11-5-6(9)12-8(10)13-7(5)14;7-5-2-1-3-6(8)4-5/h3-8H,1-2H3,(H,18,19,20);3-4H,1-2H3;1-4H,8H2. The number of nitrogens with one attached hydrogen (secondary N) is 1. The van der Waals surface area contributed by atoms with Crippen LogP contribution in [0.1, 0.15) is 39.8 Å². The van der Waals surface area contributed by atoms with Crippen molar-refractivity contribution in [2.75, 3.05) is 11.1 Å². The summed E-state index contributed by atoms with van der Waals surface area (Å²) in [7, 11) is 0. The number of rotatable bonds is 4. The molecule has 224 valence electrons. The van der Waals surface area contributed by atoms with Crippen LogP contribution in [0.15, 0.2) is 61.2 Å². The summed E-state index contributed by atoms with van der Waals surface area (Å²) >= 11 is 17.2. The molecule has 0 aliphatic heterocycles. The molecule has 4 heterocycles. The summed E-state index contributed by atoms with van der Waals surface area (Å²) in [5.74, 6) is 0.319. The highest BCUT2D eigenvalue weighted by Crippen LogP contribution is 2.26. The lowest BCUT2D eigenvalue weighted by atomic mass is 10.3. The summed E-state index contributed by atoms with van der Waals surface area (Å²) in [5, 5.41) is 4.34. The molecular formula is C28H27Cl3F2N10. The summed E-state index contributed by atoms with van der Waals surface area (Å²) in [6, 6.07) is 14.5. The Bertz CT molecular complexity index is 1840. The molecule has 43 heavy (non-hydrogen) atoms. The third-order valence-corrected chi connectivity index (χ3v) is 6.53. The molecule has 2 aromatic carbocycles. The molecule has 0 aliphatic carbocycles. The van der Waals surface area contributed by atoms with Gasteiger partial charge >= 0.3 is 12.2 Å². The number of aromatic nitrogens is 8. The van der Waals surface area contributed by atoms with Gasteiger partial charge in [0.15, 0.2) is 27.8 Å². The van der Waals surface area contributed by atoms with E-state index in [1.54, 1.807) is 58.2 Å². The van der Waals surface area contributed by atoms with Crippen molar-refractivity contribution in [1.29, 1.82) is 0 Å². The molecule has 3 N–H and O–H groups in total. The second-order valence-corrected chi connectivity index (χ2v) is 10.9. The van der Waals surface area contributed by atoms with Crippen molar-refractivity contribution < 1.29 is 8.78 Å². The first-order valence-electron chi connectivity index (χ1n) is 12.9. The van der Waals surface area contributed by atoms with Crippen molar-refractivity contribution in [3.63, 3.8) is 0 Å². The number of hydrogen-bond donors (Lipinski definition) is 2. The molecular weight excluding hydrogens is 621 g/mol. The number of anilines is 3. The topological polar surface area (TPSA) is 125 Å². The zero-order valence-electron chi connectivity index (χ0n) is 23.5. The van der Waals surface area contributed by atoms with Gasteiger partial charge in [0.1, 0.15) is 5.52 Å². The third kappa shape index (κ3) is 8.04. The zero-order chi connectivity index (χ0) is 31.3. The molecule has 4 aromatic heterocycles. The van der Waals surface area contributed by atoms with Gasteiger partial charge in [-0.25, -0.2) is 9.97 Å². The third-order valence-electron chi connectivity index (χ3n) is 5.79. The van der Waals surface area contributed by atoms with Gasteiger partial charge in [0.25, 0.3) is 0 Å². The van der Waals surface area contributed by atoms with Gasteiger partial charge in [0.2, 0.25) is 0 Å². The lowest BCUT2D eigenvalue weighted by molar-refractivity contribution is 0.536. The molecule has 10 nitrogen and oxygen atoms in total. The van der Waals surface area contributed by atoms with E-state index in [1.165, 1.54) is 0 Å². The number of nitrogens with two attached hydrogens (primary N) is 1. The maximum atomic E-state index is 13.7. The quantitative estimate of drug-likeness (QED) is 0.112. The van der Waals surface area contributed by atoms with E-state index in [2.05, 4.69) is 35.2 Å². The van der Waals surface area contributed by atoms with Gasteiger partial charge < -0.3 is 20.2 Å². The second-order valence-electron chi connectivity index (χ2n) is 9.65. The van der Waals surface area contributed by atoms with Crippen LogP contribution in [-0.2, 0) is 0 Å². The normalized spacial score (nSPS) is 11.0. The Kier molecular flexibility index (Phi) is 10.3. The van der Waals surface area contributed by atoms with Gasteiger partial charge in [-0.1, -0.05) is 46.9 Å². The van der Waals surface area contributed by atoms with Crippen LogP contribution in [-0.4, -0.2) is 39.0 Å². The number of nitrogen functional groups attached to an aromatic ring is 1. The Morgan fingerprint density at radius 3 is 1.79 bits per heavy atom. The number of nitrogens with zero attached hydrogens (tertiary/aromatic N) is 8. The van der Waals surface area contributed by atoms with E-state index >= 15 is 0 Å². The Morgan fingerprint density at radius 1 is 0.721 bits per heavy atom. The summed E-state index contributed by atoms with van der Waals surface area (Å²) in [4.78, 5) is 23.0. The number of halogens is 5. The van der Waals surface area contributed by atoms with Gasteiger partial charge in [-0.2, -0.15) is 28.7 Å². The van der Waals surface area contributed by atoms with Crippen LogP contribution in [0.3, 0.4) is 0 Å². The van der Waals surface area contributed by atoms with Crippen LogP contribution >= 0.6 is 34.8 Å². The Morgan fingerprint density at radius 2 is 1.26 bits per heavy atom. The largest absolute Gasteiger partial charge is 0.399 e. The minimum absolute atomic E-state index is 0.0481. The minimum Gasteiger partial charge on any atom is -0.399 e. The first-order chi connectivity index (χ1) is 20.4. The molecule has 6 aromatic rings. The van der Waals surface area contributed by atoms with Crippen molar-refractivity contribution in [1.82, 2.24) is 39.0 Å². The van der Waals surface area contributed by atoms with Crippen molar-refractivity contribution in [3.8, 4) is 0 Å².